The van der Waals surface area contributed by atoms with Crippen LogP contribution in [0.2, 0.25) is 0 Å². The van der Waals surface area contributed by atoms with Crippen molar-refractivity contribution in [3.05, 3.63) is 46.9 Å². The average Bonchev–Trinajstić information content (AvgIpc) is 2.73. The first-order valence-electron chi connectivity index (χ1n) is 13.0. The molecule has 2 fully saturated rings. The van der Waals surface area contributed by atoms with E-state index in [4.69, 9.17) is 9.98 Å². The lowest BCUT2D eigenvalue weighted by Gasteiger charge is -2.31. The molecule has 194 valence electrons. The average molecular weight is 493 g/mol. The van der Waals surface area contributed by atoms with Crippen LogP contribution in [0.5, 0.6) is 0 Å². The minimum Gasteiger partial charge on any atom is -0.511 e. The van der Waals surface area contributed by atoms with Gasteiger partial charge in [-0.2, -0.15) is 0 Å². The van der Waals surface area contributed by atoms with E-state index in [2.05, 4.69) is 0 Å². The topological polar surface area (TPSA) is 99.3 Å². The summed E-state index contributed by atoms with van der Waals surface area (Å²) in [6.07, 6.45) is 4.39. The maximum Gasteiger partial charge on any atom is 0.168 e. The number of ketones is 2. The molecule has 2 aliphatic rings. The molecule has 0 bridgehead atoms. The van der Waals surface area contributed by atoms with E-state index in [0.717, 1.165) is 12.8 Å². The molecule has 2 saturated carbocycles. The van der Waals surface area contributed by atoms with E-state index in [1.807, 2.05) is 65.8 Å². The molecule has 1 aromatic carbocycles. The van der Waals surface area contributed by atoms with Gasteiger partial charge in [-0.15, -0.1) is 0 Å². The van der Waals surface area contributed by atoms with Gasteiger partial charge in [-0.05, 0) is 60.8 Å². The summed E-state index contributed by atoms with van der Waals surface area (Å²) in [6, 6.07) is 7.33. The van der Waals surface area contributed by atoms with E-state index < -0.39 is 0 Å². The standard InChI is InChI=1S/C30H40N2O4/c1-7-9-23(33)27-21(15-29(3,4)17-25(27)35)31-19-11-13-20(14-12-19)32-22-16-30(5,6)18-26(36)28(22)24(34)10-8-2/h11-14,33-34H,7-10,15-18H2,1-6H3/b27-23+,28-24+,31-21?,32-22?. The highest BCUT2D eigenvalue weighted by Gasteiger charge is 2.37. The van der Waals surface area contributed by atoms with Crippen molar-refractivity contribution in [3.8, 4) is 0 Å². The van der Waals surface area contributed by atoms with E-state index in [-0.39, 0.29) is 33.9 Å². The van der Waals surface area contributed by atoms with Crippen molar-refractivity contribution in [2.45, 2.75) is 92.9 Å². The van der Waals surface area contributed by atoms with E-state index in [0.29, 0.717) is 72.5 Å². The van der Waals surface area contributed by atoms with Gasteiger partial charge in [-0.25, -0.2) is 0 Å². The SMILES string of the molecule is CCC/C(O)=C1\C(=O)CC(C)(C)CC1=Nc1ccc(N=C2CC(C)(C)CC(=O)/C2=C(/O)CCC)cc1. The molecule has 0 aromatic heterocycles. The van der Waals surface area contributed by atoms with E-state index in [1.54, 1.807) is 0 Å². The van der Waals surface area contributed by atoms with Crippen LogP contribution in [0.4, 0.5) is 11.4 Å². The smallest absolute Gasteiger partial charge is 0.168 e. The van der Waals surface area contributed by atoms with Gasteiger partial charge in [0.1, 0.15) is 11.5 Å². The first-order chi connectivity index (χ1) is 16.9. The van der Waals surface area contributed by atoms with Crippen molar-refractivity contribution in [2.75, 3.05) is 0 Å². The third kappa shape index (κ3) is 6.59. The number of nitrogens with zero attached hydrogens (tertiary/aromatic N) is 2. The quantitative estimate of drug-likeness (QED) is 0.312. The zero-order valence-electron chi connectivity index (χ0n) is 22.6. The number of benzene rings is 1. The van der Waals surface area contributed by atoms with Gasteiger partial charge in [-0.3, -0.25) is 19.6 Å². The number of Topliss-reactive ketones (excluding diaryl/α,β-unsaturated/α-hetero) is 2. The van der Waals surface area contributed by atoms with Crippen molar-refractivity contribution in [1.29, 1.82) is 0 Å². The highest BCUT2D eigenvalue weighted by atomic mass is 16.3. The van der Waals surface area contributed by atoms with E-state index in [9.17, 15) is 19.8 Å². The Morgan fingerprint density at radius 1 is 0.694 bits per heavy atom. The van der Waals surface area contributed by atoms with E-state index >= 15 is 0 Å². The second kappa shape index (κ2) is 10.9. The monoisotopic (exact) mass is 492 g/mol. The minimum atomic E-state index is -0.221. The molecule has 1 aromatic rings. The minimum absolute atomic E-state index is 0.0604. The van der Waals surface area contributed by atoms with Crippen LogP contribution in [-0.2, 0) is 9.59 Å². The summed E-state index contributed by atoms with van der Waals surface area (Å²) in [5, 5.41) is 21.1. The summed E-state index contributed by atoms with van der Waals surface area (Å²) >= 11 is 0. The molecule has 0 atom stereocenters. The third-order valence-electron chi connectivity index (χ3n) is 6.63. The van der Waals surface area contributed by atoms with E-state index in [1.165, 1.54) is 0 Å². The Balaban J connectivity index is 1.98. The van der Waals surface area contributed by atoms with Gasteiger partial charge >= 0.3 is 0 Å². The molecule has 0 aliphatic heterocycles. The highest BCUT2D eigenvalue weighted by molar-refractivity contribution is 6.26. The molecule has 0 heterocycles. The Bertz CT molecular complexity index is 1060. The van der Waals surface area contributed by atoms with Crippen molar-refractivity contribution in [2.24, 2.45) is 20.8 Å². The predicted octanol–water partition coefficient (Wildman–Crippen LogP) is 7.83. The van der Waals surface area contributed by atoms with Crippen LogP contribution in [0.3, 0.4) is 0 Å². The summed E-state index contributed by atoms with van der Waals surface area (Å²) in [4.78, 5) is 35.2. The van der Waals surface area contributed by atoms with Gasteiger partial charge < -0.3 is 10.2 Å². The number of allylic oxidation sites excluding steroid dienone is 4. The molecular weight excluding hydrogens is 452 g/mol. The van der Waals surface area contributed by atoms with Crippen molar-refractivity contribution in [3.63, 3.8) is 0 Å². The summed E-state index contributed by atoms with van der Waals surface area (Å²) < 4.78 is 0. The number of hydrogen-bond donors (Lipinski definition) is 2. The molecule has 0 spiro atoms. The van der Waals surface area contributed by atoms with Gasteiger partial charge in [0.05, 0.1) is 33.9 Å². The van der Waals surface area contributed by atoms with Crippen LogP contribution in [0.15, 0.2) is 56.9 Å². The molecule has 6 heteroatoms. The molecule has 0 radical (unpaired) electrons. The lowest BCUT2D eigenvalue weighted by molar-refractivity contribution is -0.118. The van der Waals surface area contributed by atoms with Crippen LogP contribution in [0.1, 0.15) is 92.9 Å². The third-order valence-corrected chi connectivity index (χ3v) is 6.63. The second-order valence-corrected chi connectivity index (χ2v) is 11.7. The Labute approximate surface area is 215 Å². The van der Waals surface area contributed by atoms with Crippen molar-refractivity contribution >= 4 is 34.4 Å². The zero-order valence-corrected chi connectivity index (χ0v) is 22.6. The predicted molar refractivity (Wildman–Crippen MR) is 146 cm³/mol. The summed E-state index contributed by atoms with van der Waals surface area (Å²) in [5.74, 6) is 0.121. The molecule has 2 aliphatic carbocycles. The first kappa shape index (κ1) is 27.6. The number of aliphatic hydroxyl groups excluding tert-OH is 2. The fraction of sp³-hybridized carbons (Fsp3) is 0.533. The van der Waals surface area contributed by atoms with Crippen LogP contribution >= 0.6 is 0 Å². The molecule has 6 nitrogen and oxygen atoms in total. The number of carbonyl (C=O) groups excluding carboxylic acids is 2. The van der Waals surface area contributed by atoms with Gasteiger partial charge in [-0.1, -0.05) is 41.5 Å². The number of aliphatic hydroxyl groups is 2. The molecule has 3 rings (SSSR count). The molecule has 0 saturated heterocycles. The van der Waals surface area contributed by atoms with Crippen LogP contribution in [0.25, 0.3) is 0 Å². The van der Waals surface area contributed by atoms with Gasteiger partial charge in [0.15, 0.2) is 11.6 Å². The molecule has 36 heavy (non-hydrogen) atoms. The fourth-order valence-corrected chi connectivity index (χ4v) is 5.06. The van der Waals surface area contributed by atoms with Crippen LogP contribution in [-0.4, -0.2) is 33.2 Å². The number of carbonyl (C=O) groups is 2. The normalized spacial score (nSPS) is 24.8. The van der Waals surface area contributed by atoms with Crippen LogP contribution in [0, 0.1) is 10.8 Å². The number of aliphatic imine (C=N–C) groups is 2. The Hall–Kier alpha value is -3.02. The maximum absolute atomic E-state index is 12.8. The van der Waals surface area contributed by atoms with Crippen molar-refractivity contribution < 1.29 is 19.8 Å². The Kier molecular flexibility index (Phi) is 8.37. The lowest BCUT2D eigenvalue weighted by atomic mass is 9.73. The summed E-state index contributed by atoms with van der Waals surface area (Å²) in [6.45, 7) is 12.1. The highest BCUT2D eigenvalue weighted by Crippen LogP contribution is 2.38. The summed E-state index contributed by atoms with van der Waals surface area (Å²) in [7, 11) is 0. The first-order valence-corrected chi connectivity index (χ1v) is 13.0. The molecule has 0 unspecified atom stereocenters. The van der Waals surface area contributed by atoms with Gasteiger partial charge in [0.25, 0.3) is 0 Å². The molecule has 2 N–H and O–H groups in total. The lowest BCUT2D eigenvalue weighted by Crippen LogP contribution is -2.32. The second-order valence-electron chi connectivity index (χ2n) is 11.7. The molecular formula is C30H40N2O4. The largest absolute Gasteiger partial charge is 0.511 e. The fourth-order valence-electron chi connectivity index (χ4n) is 5.06. The van der Waals surface area contributed by atoms with Crippen LogP contribution < -0.4 is 0 Å². The zero-order chi connectivity index (χ0) is 26.7. The summed E-state index contributed by atoms with van der Waals surface area (Å²) in [5.41, 5.74) is 2.88. The number of hydrogen-bond acceptors (Lipinski definition) is 6. The molecule has 0 amide bonds. The van der Waals surface area contributed by atoms with Gasteiger partial charge in [0.2, 0.25) is 0 Å². The number of rotatable bonds is 6. The Morgan fingerprint density at radius 2 is 1.03 bits per heavy atom. The van der Waals surface area contributed by atoms with Crippen molar-refractivity contribution in [1.82, 2.24) is 0 Å². The van der Waals surface area contributed by atoms with Gasteiger partial charge in [0, 0.05) is 25.7 Å². The maximum atomic E-state index is 12.8. The Morgan fingerprint density at radius 3 is 1.33 bits per heavy atom.